The first kappa shape index (κ1) is 18.4. The normalized spacial score (nSPS) is 11.9. The minimum absolute atomic E-state index is 0.206. The van der Waals surface area contributed by atoms with E-state index in [1.165, 1.54) is 6.92 Å². The third-order valence-corrected chi connectivity index (χ3v) is 3.63. The summed E-state index contributed by atoms with van der Waals surface area (Å²) in [6.07, 6.45) is -1.04. The lowest BCUT2D eigenvalue weighted by atomic mass is 10.0. The number of carbonyl (C=O) groups excluding carboxylic acids is 1. The van der Waals surface area contributed by atoms with Crippen molar-refractivity contribution in [1.82, 2.24) is 0 Å². The van der Waals surface area contributed by atoms with Gasteiger partial charge in [0.2, 0.25) is 5.75 Å². The number of benzene rings is 2. The number of hydrogen-bond acceptors (Lipinski definition) is 4. The number of rotatable bonds is 6. The van der Waals surface area contributed by atoms with Crippen LogP contribution in [0, 0.1) is 15.9 Å². The molecule has 0 fully saturated rings. The van der Waals surface area contributed by atoms with Crippen LogP contribution in [0.25, 0.3) is 0 Å². The Morgan fingerprint density at radius 1 is 1.20 bits per heavy atom. The molecule has 0 spiro atoms. The average Bonchev–Trinajstić information content (AvgIpc) is 2.54. The Morgan fingerprint density at radius 3 is 2.52 bits per heavy atom. The summed E-state index contributed by atoms with van der Waals surface area (Å²) < 4.78 is 18.7. The van der Waals surface area contributed by atoms with Crippen molar-refractivity contribution in [2.45, 2.75) is 32.8 Å². The van der Waals surface area contributed by atoms with Crippen LogP contribution in [-0.4, -0.2) is 16.9 Å². The van der Waals surface area contributed by atoms with Crippen molar-refractivity contribution in [3.8, 4) is 5.75 Å². The fourth-order valence-corrected chi connectivity index (χ4v) is 2.33. The first-order valence-corrected chi connectivity index (χ1v) is 7.80. The predicted molar refractivity (Wildman–Crippen MR) is 92.3 cm³/mol. The van der Waals surface area contributed by atoms with Crippen molar-refractivity contribution >= 4 is 17.3 Å². The number of amides is 1. The Hall–Kier alpha value is -2.96. The highest BCUT2D eigenvalue weighted by Crippen LogP contribution is 2.29. The number of nitro benzene ring substituents is 1. The van der Waals surface area contributed by atoms with Crippen LogP contribution in [0.2, 0.25) is 0 Å². The van der Waals surface area contributed by atoms with Gasteiger partial charge in [0.05, 0.1) is 4.92 Å². The largest absolute Gasteiger partial charge is 0.474 e. The van der Waals surface area contributed by atoms with Crippen LogP contribution in [0.1, 0.15) is 32.3 Å². The smallest absolute Gasteiger partial charge is 0.311 e. The number of nitro groups is 1. The molecule has 0 saturated carbocycles. The summed E-state index contributed by atoms with van der Waals surface area (Å²) in [6, 6.07) is 10.2. The van der Waals surface area contributed by atoms with Crippen molar-refractivity contribution < 1.29 is 18.8 Å². The lowest BCUT2D eigenvalue weighted by Gasteiger charge is -2.17. The molecule has 1 unspecified atom stereocenters. The van der Waals surface area contributed by atoms with Gasteiger partial charge in [0.1, 0.15) is 5.82 Å². The van der Waals surface area contributed by atoms with E-state index in [1.807, 2.05) is 26.0 Å². The van der Waals surface area contributed by atoms with E-state index in [2.05, 4.69) is 5.32 Å². The van der Waals surface area contributed by atoms with Crippen LogP contribution < -0.4 is 10.1 Å². The molecule has 0 heterocycles. The first-order valence-electron chi connectivity index (χ1n) is 7.80. The standard InChI is InChI=1S/C18H19FN2O4/c1-11(2)14-6-4-5-7-15(14)20-18(22)12(3)25-17-10-13(19)8-9-16(17)21(23)24/h4-12H,1-3H3,(H,20,22). The van der Waals surface area contributed by atoms with E-state index in [9.17, 15) is 19.3 Å². The number of anilines is 1. The van der Waals surface area contributed by atoms with Gasteiger partial charge in [-0.3, -0.25) is 14.9 Å². The van der Waals surface area contributed by atoms with Gasteiger partial charge in [0.15, 0.2) is 6.10 Å². The molecular weight excluding hydrogens is 327 g/mol. The molecule has 2 rings (SSSR count). The van der Waals surface area contributed by atoms with Gasteiger partial charge in [-0.25, -0.2) is 4.39 Å². The summed E-state index contributed by atoms with van der Waals surface area (Å²) in [7, 11) is 0. The minimum Gasteiger partial charge on any atom is -0.474 e. The monoisotopic (exact) mass is 346 g/mol. The number of carbonyl (C=O) groups is 1. The van der Waals surface area contributed by atoms with E-state index in [-0.39, 0.29) is 11.7 Å². The maximum absolute atomic E-state index is 13.3. The Bertz CT molecular complexity index is 792. The third-order valence-electron chi connectivity index (χ3n) is 3.63. The predicted octanol–water partition coefficient (Wildman–Crippen LogP) is 4.26. The van der Waals surface area contributed by atoms with Crippen LogP contribution >= 0.6 is 0 Å². The molecule has 0 radical (unpaired) electrons. The maximum atomic E-state index is 13.3. The van der Waals surface area contributed by atoms with Crippen LogP contribution in [0.4, 0.5) is 15.8 Å². The van der Waals surface area contributed by atoms with Crippen LogP contribution in [-0.2, 0) is 4.79 Å². The highest BCUT2D eigenvalue weighted by molar-refractivity contribution is 5.94. The zero-order valence-corrected chi connectivity index (χ0v) is 14.2. The van der Waals surface area contributed by atoms with Gasteiger partial charge < -0.3 is 10.1 Å². The van der Waals surface area contributed by atoms with Crippen molar-refractivity contribution in [2.24, 2.45) is 0 Å². The summed E-state index contributed by atoms with van der Waals surface area (Å²) >= 11 is 0. The second-order valence-corrected chi connectivity index (χ2v) is 5.86. The summed E-state index contributed by atoms with van der Waals surface area (Å²) in [4.78, 5) is 22.7. The number of hydrogen-bond donors (Lipinski definition) is 1. The molecular formula is C18H19FN2O4. The van der Waals surface area contributed by atoms with Gasteiger partial charge in [0, 0.05) is 17.8 Å². The van der Waals surface area contributed by atoms with Gasteiger partial charge in [-0.15, -0.1) is 0 Å². The molecule has 0 aliphatic carbocycles. The quantitative estimate of drug-likeness (QED) is 0.626. The maximum Gasteiger partial charge on any atom is 0.311 e. The second kappa shape index (κ2) is 7.74. The van der Waals surface area contributed by atoms with Gasteiger partial charge in [-0.1, -0.05) is 32.0 Å². The molecule has 0 aliphatic heterocycles. The molecule has 0 bridgehead atoms. The van der Waals surface area contributed by atoms with E-state index in [4.69, 9.17) is 4.74 Å². The number of nitrogens with one attached hydrogen (secondary N) is 1. The van der Waals surface area contributed by atoms with E-state index in [0.29, 0.717) is 5.69 Å². The van der Waals surface area contributed by atoms with Crippen LogP contribution in [0.5, 0.6) is 5.75 Å². The molecule has 132 valence electrons. The summed E-state index contributed by atoms with van der Waals surface area (Å²) in [6.45, 7) is 5.45. The van der Waals surface area contributed by atoms with Crippen molar-refractivity contribution in [1.29, 1.82) is 0 Å². The molecule has 25 heavy (non-hydrogen) atoms. The van der Waals surface area contributed by atoms with E-state index >= 15 is 0 Å². The number of nitrogens with zero attached hydrogens (tertiary/aromatic N) is 1. The first-order chi connectivity index (χ1) is 11.8. The fraction of sp³-hybridized carbons (Fsp3) is 0.278. The topological polar surface area (TPSA) is 81.5 Å². The van der Waals surface area contributed by atoms with Crippen LogP contribution in [0.15, 0.2) is 42.5 Å². The van der Waals surface area contributed by atoms with Gasteiger partial charge in [0.25, 0.3) is 5.91 Å². The van der Waals surface area contributed by atoms with Crippen molar-refractivity contribution in [3.05, 3.63) is 64.0 Å². The summed E-state index contributed by atoms with van der Waals surface area (Å²) in [5.74, 6) is -1.24. The Balaban J connectivity index is 2.17. The highest BCUT2D eigenvalue weighted by atomic mass is 19.1. The molecule has 1 amide bonds. The van der Waals surface area contributed by atoms with Crippen molar-refractivity contribution in [3.63, 3.8) is 0 Å². The minimum atomic E-state index is -1.04. The van der Waals surface area contributed by atoms with Crippen LogP contribution in [0.3, 0.4) is 0 Å². The fourth-order valence-electron chi connectivity index (χ4n) is 2.33. The molecule has 7 heteroatoms. The number of para-hydroxylation sites is 1. The molecule has 6 nitrogen and oxygen atoms in total. The molecule has 2 aromatic carbocycles. The molecule has 0 saturated heterocycles. The molecule has 1 N–H and O–H groups in total. The average molecular weight is 346 g/mol. The Kier molecular flexibility index (Phi) is 5.69. The Morgan fingerprint density at radius 2 is 1.88 bits per heavy atom. The zero-order valence-electron chi connectivity index (χ0n) is 14.2. The molecule has 1 atom stereocenters. The summed E-state index contributed by atoms with van der Waals surface area (Å²) in [5, 5.41) is 13.7. The lowest BCUT2D eigenvalue weighted by Crippen LogP contribution is -2.30. The molecule has 2 aromatic rings. The number of halogens is 1. The Labute approximate surface area is 144 Å². The van der Waals surface area contributed by atoms with Gasteiger partial charge in [-0.2, -0.15) is 0 Å². The van der Waals surface area contributed by atoms with E-state index < -0.39 is 28.4 Å². The van der Waals surface area contributed by atoms with E-state index in [1.54, 1.807) is 12.1 Å². The molecule has 0 aromatic heterocycles. The van der Waals surface area contributed by atoms with E-state index in [0.717, 1.165) is 23.8 Å². The summed E-state index contributed by atoms with van der Waals surface area (Å²) in [5.41, 5.74) is 1.20. The van der Waals surface area contributed by atoms with Crippen molar-refractivity contribution in [2.75, 3.05) is 5.32 Å². The van der Waals surface area contributed by atoms with Gasteiger partial charge >= 0.3 is 5.69 Å². The lowest BCUT2D eigenvalue weighted by molar-refractivity contribution is -0.386. The van der Waals surface area contributed by atoms with Gasteiger partial charge in [-0.05, 0) is 30.5 Å². The zero-order chi connectivity index (χ0) is 18.6. The SMILES string of the molecule is CC(Oc1cc(F)ccc1[N+](=O)[O-])C(=O)Nc1ccccc1C(C)C. The highest BCUT2D eigenvalue weighted by Gasteiger charge is 2.22. The second-order valence-electron chi connectivity index (χ2n) is 5.86. The molecule has 0 aliphatic rings. The third kappa shape index (κ3) is 4.53. The number of ether oxygens (including phenoxy) is 1.